The molecule has 6 nitrogen and oxygen atoms in total. The number of aliphatic imine (C=N–C) groups is 1. The van der Waals surface area contributed by atoms with Crippen LogP contribution in [-0.4, -0.2) is 55.0 Å². The van der Waals surface area contributed by atoms with E-state index in [4.69, 9.17) is 0 Å². The van der Waals surface area contributed by atoms with Crippen molar-refractivity contribution >= 4 is 35.8 Å². The van der Waals surface area contributed by atoms with Gasteiger partial charge in [0.15, 0.2) is 5.96 Å². The molecule has 0 saturated carbocycles. The second-order valence-corrected chi connectivity index (χ2v) is 7.30. The fourth-order valence-electron chi connectivity index (χ4n) is 3.31. The second-order valence-electron chi connectivity index (χ2n) is 7.30. The summed E-state index contributed by atoms with van der Waals surface area (Å²) < 4.78 is 0. The van der Waals surface area contributed by atoms with Gasteiger partial charge in [0.1, 0.15) is 6.54 Å². The molecular formula is C22H30IN5O. The lowest BCUT2D eigenvalue weighted by atomic mass is 9.88. The highest BCUT2D eigenvalue weighted by Gasteiger charge is 2.19. The van der Waals surface area contributed by atoms with Crippen LogP contribution in [0.15, 0.2) is 53.7 Å². The van der Waals surface area contributed by atoms with Crippen LogP contribution in [0.2, 0.25) is 0 Å². The van der Waals surface area contributed by atoms with E-state index in [0.29, 0.717) is 18.5 Å². The minimum Gasteiger partial charge on any atom is -0.356 e. The number of hydrogen-bond acceptors (Lipinski definition) is 3. The van der Waals surface area contributed by atoms with Crippen molar-refractivity contribution in [2.75, 3.05) is 27.2 Å². The quantitative estimate of drug-likeness (QED) is 0.358. The SMILES string of the molecule is CN(C)C(=O)CN=C(NCCc1ccccn1)NC1CCc2ccccc2C1.I. The number of fused-ring (bicyclic) bond motifs is 1. The zero-order chi connectivity index (χ0) is 19.8. The molecule has 0 radical (unpaired) electrons. The van der Waals surface area contributed by atoms with Gasteiger partial charge in [-0.15, -0.1) is 24.0 Å². The van der Waals surface area contributed by atoms with Crippen molar-refractivity contribution < 1.29 is 4.79 Å². The summed E-state index contributed by atoms with van der Waals surface area (Å²) >= 11 is 0. The number of carbonyl (C=O) groups is 1. The Kier molecular flexibility index (Phi) is 9.37. The van der Waals surface area contributed by atoms with Crippen LogP contribution in [0.5, 0.6) is 0 Å². The minimum absolute atomic E-state index is 0. The minimum atomic E-state index is -0.0141. The number of halogens is 1. The Bertz CT molecular complexity index is 810. The van der Waals surface area contributed by atoms with Crippen molar-refractivity contribution in [2.24, 2.45) is 4.99 Å². The molecule has 1 heterocycles. The van der Waals surface area contributed by atoms with Gasteiger partial charge in [-0.25, -0.2) is 4.99 Å². The van der Waals surface area contributed by atoms with E-state index in [0.717, 1.165) is 31.4 Å². The number of benzene rings is 1. The van der Waals surface area contributed by atoms with E-state index in [1.807, 2.05) is 18.2 Å². The van der Waals surface area contributed by atoms with Gasteiger partial charge in [0.25, 0.3) is 0 Å². The molecule has 1 aliphatic rings. The summed E-state index contributed by atoms with van der Waals surface area (Å²) in [6.07, 6.45) is 5.69. The normalized spacial score (nSPS) is 15.7. The maximum atomic E-state index is 12.0. The van der Waals surface area contributed by atoms with Crippen LogP contribution in [0.4, 0.5) is 0 Å². The number of carbonyl (C=O) groups excluding carboxylic acids is 1. The second kappa shape index (κ2) is 11.7. The van der Waals surface area contributed by atoms with Crippen molar-refractivity contribution in [3.05, 3.63) is 65.5 Å². The highest BCUT2D eigenvalue weighted by Crippen LogP contribution is 2.20. The predicted octanol–water partition coefficient (Wildman–Crippen LogP) is 2.42. The number of aromatic nitrogens is 1. The van der Waals surface area contributed by atoms with Gasteiger partial charge < -0.3 is 15.5 Å². The molecule has 29 heavy (non-hydrogen) atoms. The fourth-order valence-corrected chi connectivity index (χ4v) is 3.31. The fraction of sp³-hybridized carbons (Fsp3) is 0.409. The Balaban J connectivity index is 0.00000300. The number of hydrogen-bond donors (Lipinski definition) is 2. The molecule has 0 spiro atoms. The summed E-state index contributed by atoms with van der Waals surface area (Å²) in [6.45, 7) is 0.845. The predicted molar refractivity (Wildman–Crippen MR) is 128 cm³/mol. The van der Waals surface area contributed by atoms with E-state index in [1.165, 1.54) is 11.1 Å². The van der Waals surface area contributed by atoms with Crippen molar-refractivity contribution in [3.63, 3.8) is 0 Å². The Morgan fingerprint density at radius 2 is 1.93 bits per heavy atom. The van der Waals surface area contributed by atoms with E-state index < -0.39 is 0 Å². The van der Waals surface area contributed by atoms with Gasteiger partial charge in [0, 0.05) is 45.0 Å². The molecule has 7 heteroatoms. The summed E-state index contributed by atoms with van der Waals surface area (Å²) in [5, 5.41) is 6.89. The molecular weight excluding hydrogens is 477 g/mol. The van der Waals surface area contributed by atoms with Gasteiger partial charge in [0.05, 0.1) is 0 Å². The molecule has 0 fully saturated rings. The van der Waals surface area contributed by atoms with Gasteiger partial charge >= 0.3 is 0 Å². The van der Waals surface area contributed by atoms with Gasteiger partial charge in [-0.3, -0.25) is 9.78 Å². The molecule has 0 saturated heterocycles. The van der Waals surface area contributed by atoms with Crippen LogP contribution < -0.4 is 10.6 Å². The zero-order valence-electron chi connectivity index (χ0n) is 17.1. The third kappa shape index (κ3) is 7.30. The molecule has 1 atom stereocenters. The smallest absolute Gasteiger partial charge is 0.243 e. The Hall–Kier alpha value is -2.16. The first-order valence-electron chi connectivity index (χ1n) is 9.83. The molecule has 156 valence electrons. The molecule has 1 amide bonds. The highest BCUT2D eigenvalue weighted by molar-refractivity contribution is 14.0. The summed E-state index contributed by atoms with van der Waals surface area (Å²) in [5.41, 5.74) is 3.86. The lowest BCUT2D eigenvalue weighted by molar-refractivity contribution is -0.127. The lowest BCUT2D eigenvalue weighted by Crippen LogP contribution is -2.46. The molecule has 2 N–H and O–H groups in total. The van der Waals surface area contributed by atoms with Crippen LogP contribution in [0, 0.1) is 0 Å². The first kappa shape index (κ1) is 23.1. The molecule has 1 aromatic heterocycles. The van der Waals surface area contributed by atoms with Crippen molar-refractivity contribution in [1.82, 2.24) is 20.5 Å². The topological polar surface area (TPSA) is 69.6 Å². The third-order valence-corrected chi connectivity index (χ3v) is 4.96. The van der Waals surface area contributed by atoms with E-state index in [9.17, 15) is 4.79 Å². The molecule has 1 aromatic carbocycles. The summed E-state index contributed by atoms with van der Waals surface area (Å²) in [7, 11) is 3.50. The third-order valence-electron chi connectivity index (χ3n) is 4.96. The number of likely N-dealkylation sites (N-methyl/N-ethyl adjacent to an activating group) is 1. The van der Waals surface area contributed by atoms with Crippen molar-refractivity contribution in [2.45, 2.75) is 31.7 Å². The Morgan fingerprint density at radius 1 is 1.17 bits per heavy atom. The average molecular weight is 507 g/mol. The number of amides is 1. The van der Waals surface area contributed by atoms with Crippen LogP contribution in [0.1, 0.15) is 23.2 Å². The Morgan fingerprint density at radius 3 is 2.66 bits per heavy atom. The number of aryl methyl sites for hydroxylation is 1. The van der Waals surface area contributed by atoms with E-state index in [1.54, 1.807) is 25.2 Å². The first-order chi connectivity index (χ1) is 13.6. The summed E-state index contributed by atoms with van der Waals surface area (Å²) in [6, 6.07) is 14.8. The van der Waals surface area contributed by atoms with E-state index in [2.05, 4.69) is 44.9 Å². The Labute approximate surface area is 190 Å². The molecule has 0 aliphatic heterocycles. The lowest BCUT2D eigenvalue weighted by Gasteiger charge is -2.27. The monoisotopic (exact) mass is 507 g/mol. The molecule has 0 bridgehead atoms. The molecule has 3 rings (SSSR count). The molecule has 1 unspecified atom stereocenters. The summed E-state index contributed by atoms with van der Waals surface area (Å²) in [4.78, 5) is 22.4. The number of rotatable bonds is 6. The van der Waals surface area contributed by atoms with Crippen LogP contribution in [0.25, 0.3) is 0 Å². The molecule has 1 aliphatic carbocycles. The van der Waals surface area contributed by atoms with E-state index >= 15 is 0 Å². The average Bonchev–Trinajstić information content (AvgIpc) is 2.72. The van der Waals surface area contributed by atoms with Crippen molar-refractivity contribution in [3.8, 4) is 0 Å². The summed E-state index contributed by atoms with van der Waals surface area (Å²) in [5.74, 6) is 0.676. The maximum absolute atomic E-state index is 12.0. The zero-order valence-corrected chi connectivity index (χ0v) is 19.4. The maximum Gasteiger partial charge on any atom is 0.243 e. The van der Waals surface area contributed by atoms with Crippen molar-refractivity contribution in [1.29, 1.82) is 0 Å². The standard InChI is InChI=1S/C22H29N5O.HI/c1-27(2)21(28)16-25-22(24-14-12-19-9-5-6-13-23-19)26-20-11-10-17-7-3-4-8-18(17)15-20;/h3-9,13,20H,10-12,14-16H2,1-2H3,(H2,24,25,26);1H. The first-order valence-corrected chi connectivity index (χ1v) is 9.83. The number of guanidine groups is 1. The number of pyridine rings is 1. The van der Waals surface area contributed by atoms with Crippen LogP contribution >= 0.6 is 24.0 Å². The van der Waals surface area contributed by atoms with Gasteiger partial charge in [-0.05, 0) is 42.5 Å². The van der Waals surface area contributed by atoms with Gasteiger partial charge in [-0.1, -0.05) is 30.3 Å². The van der Waals surface area contributed by atoms with E-state index in [-0.39, 0.29) is 36.4 Å². The highest BCUT2D eigenvalue weighted by atomic mass is 127. The molecule has 2 aromatic rings. The largest absolute Gasteiger partial charge is 0.356 e. The van der Waals surface area contributed by atoms with Crippen LogP contribution in [-0.2, 0) is 24.1 Å². The van der Waals surface area contributed by atoms with Crippen LogP contribution in [0.3, 0.4) is 0 Å². The number of nitrogens with zero attached hydrogens (tertiary/aromatic N) is 3. The van der Waals surface area contributed by atoms with Gasteiger partial charge in [0.2, 0.25) is 5.91 Å². The van der Waals surface area contributed by atoms with Gasteiger partial charge in [-0.2, -0.15) is 0 Å². The number of nitrogens with one attached hydrogen (secondary N) is 2.